The van der Waals surface area contributed by atoms with Crippen LogP contribution >= 0.6 is 0 Å². The Morgan fingerprint density at radius 1 is 1.46 bits per heavy atom. The maximum atomic E-state index is 5.63. The summed E-state index contributed by atoms with van der Waals surface area (Å²) in [6.07, 6.45) is 0.0414. The van der Waals surface area contributed by atoms with Crippen LogP contribution in [0.15, 0.2) is 24.3 Å². The molecule has 3 heteroatoms. The highest BCUT2D eigenvalue weighted by Gasteiger charge is 2.18. The van der Waals surface area contributed by atoms with Gasteiger partial charge in [0.1, 0.15) is 6.23 Å². The molecular weight excluding hydrogens is 164 g/mol. The topological polar surface area (TPSA) is 47.3 Å². The summed E-state index contributed by atoms with van der Waals surface area (Å²) in [7, 11) is 0. The highest BCUT2D eigenvalue weighted by Crippen LogP contribution is 2.21. The summed E-state index contributed by atoms with van der Waals surface area (Å²) in [6, 6.07) is 8.11. The highest BCUT2D eigenvalue weighted by atomic mass is 16.5. The molecule has 0 aromatic heterocycles. The van der Waals surface area contributed by atoms with Gasteiger partial charge in [-0.2, -0.15) is 0 Å². The Labute approximate surface area is 77.9 Å². The molecule has 0 bridgehead atoms. The molecule has 13 heavy (non-hydrogen) atoms. The second-order valence-corrected chi connectivity index (χ2v) is 3.11. The smallest absolute Gasteiger partial charge is 0.134 e. The Bertz CT molecular complexity index is 282. The van der Waals surface area contributed by atoms with Gasteiger partial charge in [-0.3, -0.25) is 5.32 Å². The van der Waals surface area contributed by atoms with E-state index < -0.39 is 0 Å². The Balaban J connectivity index is 2.26. The van der Waals surface area contributed by atoms with Crippen molar-refractivity contribution in [3.05, 3.63) is 35.4 Å². The van der Waals surface area contributed by atoms with Crippen molar-refractivity contribution in [1.29, 1.82) is 0 Å². The third-order valence-electron chi connectivity index (χ3n) is 2.27. The quantitative estimate of drug-likeness (QED) is 0.703. The molecule has 1 unspecified atom stereocenters. The highest BCUT2D eigenvalue weighted by molar-refractivity contribution is 5.29. The first-order valence-corrected chi connectivity index (χ1v) is 4.54. The van der Waals surface area contributed by atoms with Gasteiger partial charge in [-0.25, -0.2) is 0 Å². The lowest BCUT2D eigenvalue weighted by molar-refractivity contribution is 0.101. The Hall–Kier alpha value is -0.900. The number of ether oxygens (including phenoxy) is 1. The van der Waals surface area contributed by atoms with E-state index in [1.54, 1.807) is 0 Å². The van der Waals surface area contributed by atoms with Crippen LogP contribution in [0.4, 0.5) is 0 Å². The van der Waals surface area contributed by atoms with Crippen LogP contribution in [0.3, 0.4) is 0 Å². The van der Waals surface area contributed by atoms with Crippen molar-refractivity contribution in [1.82, 2.24) is 5.32 Å². The first-order chi connectivity index (χ1) is 6.42. The van der Waals surface area contributed by atoms with Crippen LogP contribution in [0.1, 0.15) is 17.4 Å². The van der Waals surface area contributed by atoms with Gasteiger partial charge in [0.05, 0.1) is 6.61 Å². The molecule has 0 radical (unpaired) electrons. The zero-order chi connectivity index (χ0) is 9.10. The Morgan fingerprint density at radius 3 is 3.00 bits per heavy atom. The normalized spacial score (nSPS) is 22.1. The number of benzene rings is 1. The van der Waals surface area contributed by atoms with Gasteiger partial charge in [-0.1, -0.05) is 24.3 Å². The van der Waals surface area contributed by atoms with Crippen LogP contribution in [0.25, 0.3) is 0 Å². The SMILES string of the molecule is NCc1ccccc1C1NCCO1. The van der Waals surface area contributed by atoms with Gasteiger partial charge in [0.15, 0.2) is 0 Å². The molecular formula is C10H14N2O. The summed E-state index contributed by atoms with van der Waals surface area (Å²) in [5.74, 6) is 0. The maximum Gasteiger partial charge on any atom is 0.134 e. The predicted molar refractivity (Wildman–Crippen MR) is 51.0 cm³/mol. The number of nitrogens with one attached hydrogen (secondary N) is 1. The zero-order valence-electron chi connectivity index (χ0n) is 7.49. The second kappa shape index (κ2) is 3.87. The van der Waals surface area contributed by atoms with E-state index in [0.717, 1.165) is 18.7 Å². The monoisotopic (exact) mass is 178 g/mol. The first-order valence-electron chi connectivity index (χ1n) is 4.54. The van der Waals surface area contributed by atoms with Gasteiger partial charge in [0.25, 0.3) is 0 Å². The minimum Gasteiger partial charge on any atom is -0.358 e. The molecule has 70 valence electrons. The Kier molecular flexibility index (Phi) is 2.59. The average molecular weight is 178 g/mol. The molecule has 0 amide bonds. The maximum absolute atomic E-state index is 5.63. The number of hydrogen-bond donors (Lipinski definition) is 2. The van der Waals surface area contributed by atoms with E-state index in [0.29, 0.717) is 6.54 Å². The van der Waals surface area contributed by atoms with Crippen molar-refractivity contribution in [3.63, 3.8) is 0 Å². The van der Waals surface area contributed by atoms with Crippen LogP contribution in [-0.4, -0.2) is 13.2 Å². The van der Waals surface area contributed by atoms with E-state index in [4.69, 9.17) is 10.5 Å². The summed E-state index contributed by atoms with van der Waals surface area (Å²) in [5, 5.41) is 3.27. The number of hydrogen-bond acceptors (Lipinski definition) is 3. The van der Waals surface area contributed by atoms with E-state index in [9.17, 15) is 0 Å². The lowest BCUT2D eigenvalue weighted by atomic mass is 10.1. The van der Waals surface area contributed by atoms with Gasteiger partial charge < -0.3 is 10.5 Å². The van der Waals surface area contributed by atoms with Crippen molar-refractivity contribution in [2.45, 2.75) is 12.8 Å². The van der Waals surface area contributed by atoms with E-state index in [1.807, 2.05) is 18.2 Å². The van der Waals surface area contributed by atoms with Crippen molar-refractivity contribution in [2.24, 2.45) is 5.73 Å². The molecule has 1 saturated heterocycles. The fraction of sp³-hybridized carbons (Fsp3) is 0.400. The summed E-state index contributed by atoms with van der Waals surface area (Å²) in [4.78, 5) is 0. The minimum atomic E-state index is 0.0414. The summed E-state index contributed by atoms with van der Waals surface area (Å²) in [6.45, 7) is 2.27. The molecule has 0 spiro atoms. The number of nitrogens with two attached hydrogens (primary N) is 1. The van der Waals surface area contributed by atoms with Gasteiger partial charge >= 0.3 is 0 Å². The molecule has 1 heterocycles. The third kappa shape index (κ3) is 1.72. The van der Waals surface area contributed by atoms with Gasteiger partial charge in [0.2, 0.25) is 0 Å². The lowest BCUT2D eigenvalue weighted by Crippen LogP contribution is -2.16. The standard InChI is InChI=1S/C10H14N2O/c11-7-8-3-1-2-4-9(8)10-12-5-6-13-10/h1-4,10,12H,5-7,11H2. The lowest BCUT2D eigenvalue weighted by Gasteiger charge is -2.13. The summed E-state index contributed by atoms with van der Waals surface area (Å²) < 4.78 is 5.51. The van der Waals surface area contributed by atoms with E-state index >= 15 is 0 Å². The second-order valence-electron chi connectivity index (χ2n) is 3.11. The van der Waals surface area contributed by atoms with Crippen molar-refractivity contribution < 1.29 is 4.74 Å². The molecule has 1 aliphatic heterocycles. The van der Waals surface area contributed by atoms with Crippen LogP contribution in [0.2, 0.25) is 0 Å². The van der Waals surface area contributed by atoms with Gasteiger partial charge in [-0.15, -0.1) is 0 Å². The average Bonchev–Trinajstić information content (AvgIpc) is 2.70. The summed E-state index contributed by atoms with van der Waals surface area (Å²) >= 11 is 0. The first kappa shape index (κ1) is 8.69. The van der Waals surface area contributed by atoms with Crippen molar-refractivity contribution in [3.8, 4) is 0 Å². The Morgan fingerprint density at radius 2 is 2.31 bits per heavy atom. The number of rotatable bonds is 2. The third-order valence-corrected chi connectivity index (χ3v) is 2.27. The van der Waals surface area contributed by atoms with Crippen molar-refractivity contribution in [2.75, 3.05) is 13.2 Å². The molecule has 3 nitrogen and oxygen atoms in total. The molecule has 3 N–H and O–H groups in total. The molecule has 0 aliphatic carbocycles. The van der Waals surface area contributed by atoms with Crippen LogP contribution < -0.4 is 11.1 Å². The van der Waals surface area contributed by atoms with Crippen LogP contribution in [-0.2, 0) is 11.3 Å². The molecule has 1 aromatic carbocycles. The van der Waals surface area contributed by atoms with E-state index in [1.165, 1.54) is 5.56 Å². The molecule has 1 atom stereocenters. The molecule has 1 fully saturated rings. The van der Waals surface area contributed by atoms with Crippen LogP contribution in [0.5, 0.6) is 0 Å². The van der Waals surface area contributed by atoms with Gasteiger partial charge in [-0.05, 0) is 11.1 Å². The molecule has 1 aromatic rings. The summed E-state index contributed by atoms with van der Waals surface area (Å²) in [5.41, 5.74) is 7.96. The fourth-order valence-electron chi connectivity index (χ4n) is 1.60. The predicted octanol–water partition coefficient (Wildman–Crippen LogP) is 0.764. The van der Waals surface area contributed by atoms with E-state index in [-0.39, 0.29) is 6.23 Å². The minimum absolute atomic E-state index is 0.0414. The van der Waals surface area contributed by atoms with Crippen molar-refractivity contribution >= 4 is 0 Å². The molecule has 2 rings (SSSR count). The molecule has 1 aliphatic rings. The van der Waals surface area contributed by atoms with E-state index in [2.05, 4.69) is 11.4 Å². The fourth-order valence-corrected chi connectivity index (χ4v) is 1.60. The zero-order valence-corrected chi connectivity index (χ0v) is 7.49. The molecule has 0 saturated carbocycles. The van der Waals surface area contributed by atoms with Crippen LogP contribution in [0, 0.1) is 0 Å². The largest absolute Gasteiger partial charge is 0.358 e. The van der Waals surface area contributed by atoms with Gasteiger partial charge in [0, 0.05) is 13.1 Å².